The molecule has 4 nitrogen and oxygen atoms in total. The zero-order valence-electron chi connectivity index (χ0n) is 8.33. The Morgan fingerprint density at radius 2 is 2.13 bits per heavy atom. The predicted octanol–water partition coefficient (Wildman–Crippen LogP) is 1.46. The highest BCUT2D eigenvalue weighted by Gasteiger charge is 2.03. The first-order valence-corrected chi connectivity index (χ1v) is 6.90. The van der Waals surface area contributed by atoms with E-state index >= 15 is 0 Å². The second-order valence-electron chi connectivity index (χ2n) is 3.28. The van der Waals surface area contributed by atoms with Crippen molar-refractivity contribution in [3.8, 4) is 0 Å². The molecule has 0 radical (unpaired) electrons. The van der Waals surface area contributed by atoms with Gasteiger partial charge in [-0.1, -0.05) is 6.07 Å². The van der Waals surface area contributed by atoms with Gasteiger partial charge in [0.25, 0.3) is 0 Å². The minimum atomic E-state index is -3.40. The van der Waals surface area contributed by atoms with Gasteiger partial charge in [-0.05, 0) is 40.5 Å². The third kappa shape index (κ3) is 4.63. The first kappa shape index (κ1) is 12.5. The van der Waals surface area contributed by atoms with E-state index in [1.807, 2.05) is 25.1 Å². The van der Waals surface area contributed by atoms with Crippen LogP contribution in [0.3, 0.4) is 0 Å². The van der Waals surface area contributed by atoms with Crippen LogP contribution < -0.4 is 10.5 Å². The van der Waals surface area contributed by atoms with E-state index in [0.29, 0.717) is 6.54 Å². The first-order valence-electron chi connectivity index (χ1n) is 4.39. The van der Waals surface area contributed by atoms with Crippen molar-refractivity contribution in [3.05, 3.63) is 28.2 Å². The van der Waals surface area contributed by atoms with Crippen molar-refractivity contribution >= 4 is 31.6 Å². The number of hydrogen-bond donors (Lipinski definition) is 2. The predicted molar refractivity (Wildman–Crippen MR) is 65.3 cm³/mol. The lowest BCUT2D eigenvalue weighted by molar-refractivity contribution is 0.598. The van der Waals surface area contributed by atoms with E-state index in [1.54, 1.807) is 0 Å². The van der Waals surface area contributed by atoms with Crippen LogP contribution in [-0.2, 0) is 10.0 Å². The molecule has 1 rings (SSSR count). The number of hydrogen-bond acceptors (Lipinski definition) is 3. The molecule has 15 heavy (non-hydrogen) atoms. The number of nitrogens with two attached hydrogens (primary N) is 1. The maximum absolute atomic E-state index is 10.7. The van der Waals surface area contributed by atoms with Gasteiger partial charge in [0, 0.05) is 16.7 Å². The molecule has 0 saturated heterocycles. The molecule has 0 aliphatic rings. The summed E-state index contributed by atoms with van der Waals surface area (Å²) in [5.74, 6) is -0.0760. The lowest BCUT2D eigenvalue weighted by Crippen LogP contribution is -2.22. The van der Waals surface area contributed by atoms with Crippen LogP contribution in [0.5, 0.6) is 0 Å². The summed E-state index contributed by atoms with van der Waals surface area (Å²) in [5.41, 5.74) is 1.98. The van der Waals surface area contributed by atoms with Gasteiger partial charge in [-0.25, -0.2) is 13.6 Å². The Bertz CT molecular complexity index is 445. The quantitative estimate of drug-likeness (QED) is 0.882. The lowest BCUT2D eigenvalue weighted by atomic mass is 10.2. The zero-order valence-corrected chi connectivity index (χ0v) is 10.7. The molecule has 3 N–H and O–H groups in total. The number of primary sulfonamides is 1. The van der Waals surface area contributed by atoms with Gasteiger partial charge >= 0.3 is 0 Å². The van der Waals surface area contributed by atoms with E-state index in [0.717, 1.165) is 15.7 Å². The number of rotatable bonds is 4. The van der Waals surface area contributed by atoms with Crippen LogP contribution in [0.25, 0.3) is 0 Å². The molecule has 0 fully saturated rings. The summed E-state index contributed by atoms with van der Waals surface area (Å²) < 4.78 is 22.3. The highest BCUT2D eigenvalue weighted by Crippen LogP contribution is 2.22. The van der Waals surface area contributed by atoms with Gasteiger partial charge in [0.05, 0.1) is 5.75 Å². The normalized spacial score (nSPS) is 11.4. The van der Waals surface area contributed by atoms with E-state index in [9.17, 15) is 8.42 Å². The Labute approximate surface area is 98.0 Å². The van der Waals surface area contributed by atoms with Crippen LogP contribution in [0, 0.1) is 6.92 Å². The SMILES string of the molecule is Cc1ccc(Br)c(NCCS(N)(=O)=O)c1. The fourth-order valence-electron chi connectivity index (χ4n) is 1.10. The molecule has 0 aromatic heterocycles. The van der Waals surface area contributed by atoms with Crippen molar-refractivity contribution in [1.29, 1.82) is 0 Å². The summed E-state index contributed by atoms with van der Waals surface area (Å²) in [4.78, 5) is 0. The van der Waals surface area contributed by atoms with Gasteiger partial charge in [0.15, 0.2) is 0 Å². The Morgan fingerprint density at radius 3 is 2.73 bits per heavy atom. The summed E-state index contributed by atoms with van der Waals surface area (Å²) in [5, 5.41) is 7.89. The average Bonchev–Trinajstić information content (AvgIpc) is 2.09. The highest BCUT2D eigenvalue weighted by molar-refractivity contribution is 9.10. The number of aryl methyl sites for hydroxylation is 1. The second-order valence-corrected chi connectivity index (χ2v) is 5.87. The summed E-state index contributed by atoms with van der Waals surface area (Å²) >= 11 is 3.37. The third-order valence-corrected chi connectivity index (χ3v) is 3.29. The van der Waals surface area contributed by atoms with Crippen molar-refractivity contribution in [2.75, 3.05) is 17.6 Å². The first-order chi connectivity index (χ1) is 6.88. The largest absolute Gasteiger partial charge is 0.383 e. The number of halogens is 1. The molecule has 0 aliphatic carbocycles. The molecular weight excluding hydrogens is 280 g/mol. The fraction of sp³-hybridized carbons (Fsp3) is 0.333. The minimum Gasteiger partial charge on any atom is -0.383 e. The molecule has 6 heteroatoms. The van der Waals surface area contributed by atoms with Crippen molar-refractivity contribution < 1.29 is 8.42 Å². The smallest absolute Gasteiger partial charge is 0.210 e. The molecule has 1 aromatic rings. The molecule has 1 aromatic carbocycles. The van der Waals surface area contributed by atoms with Crippen LogP contribution in [0.4, 0.5) is 5.69 Å². The molecule has 84 valence electrons. The molecule has 0 bridgehead atoms. The van der Waals surface area contributed by atoms with Gasteiger partial charge in [0.1, 0.15) is 0 Å². The van der Waals surface area contributed by atoms with Crippen molar-refractivity contribution in [1.82, 2.24) is 0 Å². The van der Waals surface area contributed by atoms with Gasteiger partial charge in [-0.3, -0.25) is 0 Å². The fourth-order valence-corrected chi connectivity index (χ4v) is 1.88. The Morgan fingerprint density at radius 1 is 1.47 bits per heavy atom. The molecule has 0 aliphatic heterocycles. The van der Waals surface area contributed by atoms with E-state index < -0.39 is 10.0 Å². The topological polar surface area (TPSA) is 72.2 Å². The second kappa shape index (κ2) is 4.96. The van der Waals surface area contributed by atoms with Crippen LogP contribution in [-0.4, -0.2) is 20.7 Å². The third-order valence-electron chi connectivity index (χ3n) is 1.82. The van der Waals surface area contributed by atoms with E-state index in [-0.39, 0.29) is 5.75 Å². The Kier molecular flexibility index (Phi) is 4.12. The van der Waals surface area contributed by atoms with Crippen LogP contribution in [0.15, 0.2) is 22.7 Å². The monoisotopic (exact) mass is 292 g/mol. The molecule has 0 unspecified atom stereocenters. The molecule has 0 spiro atoms. The van der Waals surface area contributed by atoms with Crippen molar-refractivity contribution in [2.45, 2.75) is 6.92 Å². The number of anilines is 1. The molecular formula is C9H13BrN2O2S. The van der Waals surface area contributed by atoms with E-state index in [2.05, 4.69) is 21.2 Å². The standard InChI is InChI=1S/C9H13BrN2O2S/c1-7-2-3-8(10)9(6-7)12-4-5-15(11,13)14/h2-3,6,12H,4-5H2,1H3,(H2,11,13,14). The van der Waals surface area contributed by atoms with Crippen LogP contribution in [0.2, 0.25) is 0 Å². The van der Waals surface area contributed by atoms with E-state index in [1.165, 1.54) is 0 Å². The number of nitrogens with one attached hydrogen (secondary N) is 1. The average molecular weight is 293 g/mol. The summed E-state index contributed by atoms with van der Waals surface area (Å²) in [6.07, 6.45) is 0. The maximum atomic E-state index is 10.7. The maximum Gasteiger partial charge on any atom is 0.210 e. The molecule has 0 amide bonds. The van der Waals surface area contributed by atoms with Crippen molar-refractivity contribution in [2.24, 2.45) is 5.14 Å². The van der Waals surface area contributed by atoms with Crippen molar-refractivity contribution in [3.63, 3.8) is 0 Å². The lowest BCUT2D eigenvalue weighted by Gasteiger charge is -2.08. The zero-order chi connectivity index (χ0) is 11.5. The number of benzene rings is 1. The summed E-state index contributed by atoms with van der Waals surface area (Å²) in [7, 11) is -3.40. The van der Waals surface area contributed by atoms with E-state index in [4.69, 9.17) is 5.14 Å². The van der Waals surface area contributed by atoms with Gasteiger partial charge < -0.3 is 5.32 Å². The summed E-state index contributed by atoms with van der Waals surface area (Å²) in [6, 6.07) is 5.82. The minimum absolute atomic E-state index is 0.0760. The van der Waals surface area contributed by atoms with Gasteiger partial charge in [0.2, 0.25) is 10.0 Å². The Hall–Kier alpha value is -0.590. The molecule has 0 heterocycles. The molecule has 0 atom stereocenters. The summed E-state index contributed by atoms with van der Waals surface area (Å²) in [6.45, 7) is 2.28. The van der Waals surface area contributed by atoms with Crippen LogP contribution >= 0.6 is 15.9 Å². The Balaban J connectivity index is 2.61. The number of sulfonamides is 1. The van der Waals surface area contributed by atoms with Gasteiger partial charge in [-0.2, -0.15) is 0 Å². The van der Waals surface area contributed by atoms with Crippen LogP contribution in [0.1, 0.15) is 5.56 Å². The molecule has 0 saturated carbocycles. The highest BCUT2D eigenvalue weighted by atomic mass is 79.9. The van der Waals surface area contributed by atoms with Gasteiger partial charge in [-0.15, -0.1) is 0 Å².